The smallest absolute Gasteiger partial charge is 0.222 e. The van der Waals surface area contributed by atoms with Gasteiger partial charge < -0.3 is 9.80 Å². The molecule has 2 aliphatic heterocycles. The summed E-state index contributed by atoms with van der Waals surface area (Å²) in [6.45, 7) is 10.2. The zero-order valence-corrected chi connectivity index (χ0v) is 16.6. The number of carbonyl (C=O) groups is 2. The van der Waals surface area contributed by atoms with Crippen LogP contribution in [0.4, 0.5) is 0 Å². The Morgan fingerprint density at radius 2 is 1.56 bits per heavy atom. The molecule has 2 aliphatic rings. The predicted octanol–water partition coefficient (Wildman–Crippen LogP) is 3.88. The Morgan fingerprint density at radius 1 is 0.920 bits per heavy atom. The minimum Gasteiger partial charge on any atom is -0.343 e. The van der Waals surface area contributed by atoms with E-state index in [0.29, 0.717) is 17.7 Å². The number of carbonyl (C=O) groups excluding carboxylic acids is 2. The second kappa shape index (κ2) is 10.3. The molecule has 0 N–H and O–H groups in total. The van der Waals surface area contributed by atoms with E-state index in [4.69, 9.17) is 0 Å². The van der Waals surface area contributed by atoms with E-state index >= 15 is 0 Å². The molecule has 4 heteroatoms. The number of ketones is 1. The first-order chi connectivity index (χ1) is 12.0. The van der Waals surface area contributed by atoms with Crippen LogP contribution in [0.25, 0.3) is 0 Å². The number of hydrogen-bond donors (Lipinski definition) is 0. The van der Waals surface area contributed by atoms with Gasteiger partial charge in [-0.15, -0.1) is 0 Å². The van der Waals surface area contributed by atoms with Crippen LogP contribution in [-0.2, 0) is 9.59 Å². The van der Waals surface area contributed by atoms with E-state index in [1.165, 1.54) is 19.3 Å². The van der Waals surface area contributed by atoms with Crippen molar-refractivity contribution in [1.82, 2.24) is 9.80 Å². The van der Waals surface area contributed by atoms with Crippen molar-refractivity contribution in [2.24, 2.45) is 11.8 Å². The number of amides is 1. The van der Waals surface area contributed by atoms with Gasteiger partial charge in [-0.05, 0) is 58.0 Å². The zero-order valence-electron chi connectivity index (χ0n) is 16.6. The molecule has 144 valence electrons. The molecular formula is C21H38N2O2. The first-order valence-corrected chi connectivity index (χ1v) is 10.5. The fraction of sp³-hybridized carbons (Fsp3) is 0.905. The Morgan fingerprint density at radius 3 is 2.12 bits per heavy atom. The Hall–Kier alpha value is -0.900. The van der Waals surface area contributed by atoms with E-state index in [2.05, 4.69) is 23.6 Å². The Balaban J connectivity index is 1.61. The summed E-state index contributed by atoms with van der Waals surface area (Å²) < 4.78 is 0. The molecule has 0 aromatic rings. The van der Waals surface area contributed by atoms with Gasteiger partial charge in [0, 0.05) is 31.5 Å². The van der Waals surface area contributed by atoms with Crippen molar-refractivity contribution in [3.63, 3.8) is 0 Å². The first-order valence-electron chi connectivity index (χ1n) is 10.5. The highest BCUT2D eigenvalue weighted by Crippen LogP contribution is 2.24. The minimum atomic E-state index is 0.286. The third-order valence-corrected chi connectivity index (χ3v) is 6.11. The molecule has 2 fully saturated rings. The van der Waals surface area contributed by atoms with Gasteiger partial charge in [0.2, 0.25) is 5.91 Å². The highest BCUT2D eigenvalue weighted by Gasteiger charge is 2.30. The summed E-state index contributed by atoms with van der Waals surface area (Å²) in [5.74, 6) is 1.77. The molecule has 25 heavy (non-hydrogen) atoms. The predicted molar refractivity (Wildman–Crippen MR) is 103 cm³/mol. The second-order valence-corrected chi connectivity index (χ2v) is 8.53. The van der Waals surface area contributed by atoms with Crippen molar-refractivity contribution in [3.05, 3.63) is 0 Å². The molecule has 4 nitrogen and oxygen atoms in total. The third kappa shape index (κ3) is 6.73. The standard InChI is InChI=1S/C21H38N2O2/c1-17(2)7-5-4-6-8-21(25)23-15-11-20(12-16-23)22-13-9-19(10-14-22)18(3)24/h17,19-20H,4-16H2,1-3H3. The van der Waals surface area contributed by atoms with Gasteiger partial charge in [-0.1, -0.05) is 33.1 Å². The SMILES string of the molecule is CC(=O)C1CCN(C2CCN(C(=O)CCCCCC(C)C)CC2)CC1. The molecule has 2 heterocycles. The van der Waals surface area contributed by atoms with Gasteiger partial charge in [0.25, 0.3) is 0 Å². The van der Waals surface area contributed by atoms with Crippen LogP contribution in [-0.4, -0.2) is 53.7 Å². The van der Waals surface area contributed by atoms with Crippen LogP contribution >= 0.6 is 0 Å². The molecule has 0 bridgehead atoms. The molecule has 0 aromatic heterocycles. The topological polar surface area (TPSA) is 40.6 Å². The molecule has 0 aliphatic carbocycles. The van der Waals surface area contributed by atoms with E-state index in [1.807, 2.05) is 0 Å². The summed E-state index contributed by atoms with van der Waals surface area (Å²) in [4.78, 5) is 28.5. The quantitative estimate of drug-likeness (QED) is 0.624. The minimum absolute atomic E-state index is 0.286. The van der Waals surface area contributed by atoms with Gasteiger partial charge in [0.15, 0.2) is 0 Å². The molecule has 2 saturated heterocycles. The van der Waals surface area contributed by atoms with Gasteiger partial charge in [0.05, 0.1) is 0 Å². The fourth-order valence-corrected chi connectivity index (χ4v) is 4.32. The first kappa shape index (κ1) is 20.4. The number of Topliss-reactive ketones (excluding diaryl/α,β-unsaturated/α-hetero) is 1. The number of nitrogens with zero attached hydrogens (tertiary/aromatic N) is 2. The lowest BCUT2D eigenvalue weighted by Gasteiger charge is -2.41. The summed E-state index contributed by atoms with van der Waals surface area (Å²) in [7, 11) is 0. The number of rotatable bonds is 8. The van der Waals surface area contributed by atoms with Gasteiger partial charge in [-0.2, -0.15) is 0 Å². The highest BCUT2D eigenvalue weighted by atomic mass is 16.2. The van der Waals surface area contributed by atoms with Gasteiger partial charge in [-0.25, -0.2) is 0 Å². The van der Waals surface area contributed by atoms with Crippen LogP contribution in [0.15, 0.2) is 0 Å². The summed E-state index contributed by atoms with van der Waals surface area (Å²) >= 11 is 0. The molecule has 0 saturated carbocycles. The lowest BCUT2D eigenvalue weighted by atomic mass is 9.91. The van der Waals surface area contributed by atoms with Crippen LogP contribution < -0.4 is 0 Å². The number of unbranched alkanes of at least 4 members (excludes halogenated alkanes) is 2. The van der Waals surface area contributed by atoms with Crippen molar-refractivity contribution >= 4 is 11.7 Å². The number of piperidine rings is 2. The van der Waals surface area contributed by atoms with Crippen LogP contribution in [0.2, 0.25) is 0 Å². The van der Waals surface area contributed by atoms with Crippen LogP contribution in [0.1, 0.15) is 78.6 Å². The van der Waals surface area contributed by atoms with E-state index in [0.717, 1.165) is 70.6 Å². The van der Waals surface area contributed by atoms with Crippen molar-refractivity contribution in [2.45, 2.75) is 84.6 Å². The van der Waals surface area contributed by atoms with Crippen molar-refractivity contribution in [1.29, 1.82) is 0 Å². The number of hydrogen-bond acceptors (Lipinski definition) is 3. The zero-order chi connectivity index (χ0) is 18.2. The largest absolute Gasteiger partial charge is 0.343 e. The van der Waals surface area contributed by atoms with E-state index < -0.39 is 0 Å². The van der Waals surface area contributed by atoms with Crippen molar-refractivity contribution in [3.8, 4) is 0 Å². The summed E-state index contributed by atoms with van der Waals surface area (Å²) in [5.41, 5.74) is 0. The third-order valence-electron chi connectivity index (χ3n) is 6.11. The molecule has 0 radical (unpaired) electrons. The maximum Gasteiger partial charge on any atom is 0.222 e. The maximum absolute atomic E-state index is 12.4. The lowest BCUT2D eigenvalue weighted by Crippen LogP contribution is -2.49. The average Bonchev–Trinajstić information content (AvgIpc) is 2.61. The second-order valence-electron chi connectivity index (χ2n) is 8.53. The molecule has 0 spiro atoms. The molecular weight excluding hydrogens is 312 g/mol. The highest BCUT2D eigenvalue weighted by molar-refractivity contribution is 5.78. The lowest BCUT2D eigenvalue weighted by molar-refractivity contribution is -0.133. The van der Waals surface area contributed by atoms with Crippen molar-refractivity contribution < 1.29 is 9.59 Å². The van der Waals surface area contributed by atoms with Crippen molar-refractivity contribution in [2.75, 3.05) is 26.2 Å². The summed E-state index contributed by atoms with van der Waals surface area (Å²) in [5, 5.41) is 0. The normalized spacial score (nSPS) is 21.0. The average molecular weight is 351 g/mol. The van der Waals surface area contributed by atoms with E-state index in [-0.39, 0.29) is 5.92 Å². The molecule has 0 unspecified atom stereocenters. The van der Waals surface area contributed by atoms with E-state index in [9.17, 15) is 9.59 Å². The summed E-state index contributed by atoms with van der Waals surface area (Å²) in [6, 6.07) is 0.614. The number of likely N-dealkylation sites (tertiary alicyclic amines) is 2. The van der Waals surface area contributed by atoms with Crippen LogP contribution in [0, 0.1) is 11.8 Å². The molecule has 2 rings (SSSR count). The Labute approximate surface area is 154 Å². The Bertz CT molecular complexity index is 420. The van der Waals surface area contributed by atoms with Crippen LogP contribution in [0.3, 0.4) is 0 Å². The van der Waals surface area contributed by atoms with Gasteiger partial charge in [0.1, 0.15) is 5.78 Å². The molecule has 1 amide bonds. The molecule has 0 atom stereocenters. The monoisotopic (exact) mass is 350 g/mol. The molecule has 0 aromatic carbocycles. The van der Waals surface area contributed by atoms with Gasteiger partial charge >= 0.3 is 0 Å². The fourth-order valence-electron chi connectivity index (χ4n) is 4.32. The Kier molecular flexibility index (Phi) is 8.41. The summed E-state index contributed by atoms with van der Waals surface area (Å²) in [6.07, 6.45) is 9.73. The maximum atomic E-state index is 12.4. The van der Waals surface area contributed by atoms with Gasteiger partial charge in [-0.3, -0.25) is 9.59 Å². The van der Waals surface area contributed by atoms with E-state index in [1.54, 1.807) is 6.92 Å². The van der Waals surface area contributed by atoms with Crippen LogP contribution in [0.5, 0.6) is 0 Å².